The van der Waals surface area contributed by atoms with Crippen molar-refractivity contribution in [1.29, 1.82) is 0 Å². The average molecular weight is 505 g/mol. The van der Waals surface area contributed by atoms with Crippen LogP contribution in [0.15, 0.2) is 114 Å². The monoisotopic (exact) mass is 504 g/mol. The number of sulfonamides is 1. The number of halogens is 1. The highest BCUT2D eigenvalue weighted by Gasteiger charge is 2.26. The van der Waals surface area contributed by atoms with Gasteiger partial charge in [-0.25, -0.2) is 12.8 Å². The van der Waals surface area contributed by atoms with Crippen LogP contribution < -0.4 is 14.8 Å². The molecule has 4 rings (SSSR count). The second kappa shape index (κ2) is 11.6. The third kappa shape index (κ3) is 7.00. The third-order valence-corrected chi connectivity index (χ3v) is 6.88. The minimum Gasteiger partial charge on any atom is -0.489 e. The van der Waals surface area contributed by atoms with Gasteiger partial charge in [0.05, 0.1) is 4.90 Å². The number of benzene rings is 4. The summed E-state index contributed by atoms with van der Waals surface area (Å²) in [4.78, 5) is 13.0. The number of rotatable bonds is 10. The lowest BCUT2D eigenvalue weighted by Crippen LogP contribution is -2.45. The van der Waals surface area contributed by atoms with Crippen LogP contribution in [-0.2, 0) is 27.8 Å². The molecule has 0 aromatic heterocycles. The van der Waals surface area contributed by atoms with E-state index in [9.17, 15) is 17.6 Å². The summed E-state index contributed by atoms with van der Waals surface area (Å²) in [6, 6.07) is 29.0. The molecule has 36 heavy (non-hydrogen) atoms. The Labute approximate surface area is 209 Å². The molecule has 6 nitrogen and oxygen atoms in total. The number of amides is 1. The summed E-state index contributed by atoms with van der Waals surface area (Å²) >= 11 is 0. The molecule has 0 saturated heterocycles. The third-order valence-electron chi connectivity index (χ3n) is 5.39. The molecule has 0 spiro atoms. The first-order valence-corrected chi connectivity index (χ1v) is 12.8. The topological polar surface area (TPSA) is 84.5 Å². The van der Waals surface area contributed by atoms with Gasteiger partial charge < -0.3 is 10.1 Å². The normalized spacial score (nSPS) is 12.0. The van der Waals surface area contributed by atoms with Crippen molar-refractivity contribution in [1.82, 2.24) is 4.72 Å². The van der Waals surface area contributed by atoms with Crippen LogP contribution in [0.4, 0.5) is 10.1 Å². The Morgan fingerprint density at radius 3 is 1.97 bits per heavy atom. The second-order valence-electron chi connectivity index (χ2n) is 8.11. The lowest BCUT2D eigenvalue weighted by atomic mass is 10.1. The molecule has 0 aliphatic rings. The highest BCUT2D eigenvalue weighted by molar-refractivity contribution is 7.89. The van der Waals surface area contributed by atoms with E-state index in [2.05, 4.69) is 10.0 Å². The van der Waals surface area contributed by atoms with Crippen molar-refractivity contribution in [3.05, 3.63) is 126 Å². The van der Waals surface area contributed by atoms with E-state index in [1.165, 1.54) is 0 Å². The molecule has 0 fully saturated rings. The SMILES string of the molecule is O=C(Nc1ccc(OCc2ccccc2)cc1)C(Cc1ccccc1)NS(=O)(=O)c1ccc(F)cc1. The molecule has 4 aromatic rings. The van der Waals surface area contributed by atoms with Gasteiger partial charge in [0.2, 0.25) is 15.9 Å². The van der Waals surface area contributed by atoms with E-state index >= 15 is 0 Å². The van der Waals surface area contributed by atoms with Crippen molar-refractivity contribution < 1.29 is 22.3 Å². The minimum atomic E-state index is -4.07. The summed E-state index contributed by atoms with van der Waals surface area (Å²) in [6.45, 7) is 0.414. The fourth-order valence-corrected chi connectivity index (χ4v) is 4.71. The van der Waals surface area contributed by atoms with Crippen molar-refractivity contribution in [2.75, 3.05) is 5.32 Å². The maximum atomic E-state index is 13.3. The van der Waals surface area contributed by atoms with Crippen molar-refractivity contribution in [2.45, 2.75) is 24.0 Å². The zero-order valence-corrected chi connectivity index (χ0v) is 20.1. The first kappa shape index (κ1) is 25.1. The molecule has 184 valence electrons. The molecule has 1 atom stereocenters. The first-order chi connectivity index (χ1) is 17.4. The zero-order chi connectivity index (χ0) is 25.4. The van der Waals surface area contributed by atoms with E-state index in [-0.39, 0.29) is 11.3 Å². The first-order valence-electron chi connectivity index (χ1n) is 11.3. The smallest absolute Gasteiger partial charge is 0.242 e. The molecule has 2 N–H and O–H groups in total. The van der Waals surface area contributed by atoms with Crippen molar-refractivity contribution in [2.24, 2.45) is 0 Å². The summed E-state index contributed by atoms with van der Waals surface area (Å²) in [5.41, 5.74) is 2.31. The van der Waals surface area contributed by atoms with Crippen LogP contribution in [0.2, 0.25) is 0 Å². The zero-order valence-electron chi connectivity index (χ0n) is 19.3. The van der Waals surface area contributed by atoms with Gasteiger partial charge in [-0.15, -0.1) is 0 Å². The Morgan fingerprint density at radius 2 is 1.36 bits per heavy atom. The van der Waals surface area contributed by atoms with Gasteiger partial charge in [-0.05, 0) is 66.1 Å². The summed E-state index contributed by atoms with van der Waals surface area (Å²) < 4.78 is 47.3. The standard InChI is InChI=1S/C28H25FN2O4S/c29-23-11-17-26(18-12-23)36(33,34)31-27(19-21-7-3-1-4-8-21)28(32)30-24-13-15-25(16-14-24)35-20-22-9-5-2-6-10-22/h1-18,27,31H,19-20H2,(H,30,32). The number of hydrogen-bond acceptors (Lipinski definition) is 4. The molecular weight excluding hydrogens is 479 g/mol. The maximum Gasteiger partial charge on any atom is 0.242 e. The van der Waals surface area contributed by atoms with Crippen LogP contribution in [0.5, 0.6) is 5.75 Å². The number of carbonyl (C=O) groups excluding carboxylic acids is 1. The molecule has 8 heteroatoms. The number of nitrogens with one attached hydrogen (secondary N) is 2. The van der Waals surface area contributed by atoms with Crippen LogP contribution in [0.1, 0.15) is 11.1 Å². The van der Waals surface area contributed by atoms with E-state index < -0.39 is 27.8 Å². The van der Waals surface area contributed by atoms with Crippen LogP contribution in [-0.4, -0.2) is 20.4 Å². The van der Waals surface area contributed by atoms with Crippen LogP contribution >= 0.6 is 0 Å². The highest BCUT2D eigenvalue weighted by Crippen LogP contribution is 2.18. The van der Waals surface area contributed by atoms with Gasteiger partial charge in [-0.3, -0.25) is 4.79 Å². The Kier molecular flexibility index (Phi) is 8.10. The molecular formula is C28H25FN2O4S. The van der Waals surface area contributed by atoms with E-state index in [0.29, 0.717) is 18.0 Å². The molecule has 0 heterocycles. The number of hydrogen-bond donors (Lipinski definition) is 2. The maximum absolute atomic E-state index is 13.3. The minimum absolute atomic E-state index is 0.130. The second-order valence-corrected chi connectivity index (χ2v) is 9.82. The average Bonchev–Trinajstić information content (AvgIpc) is 2.89. The van der Waals surface area contributed by atoms with Crippen molar-refractivity contribution in [3.8, 4) is 5.75 Å². The highest BCUT2D eigenvalue weighted by atomic mass is 32.2. The summed E-state index contributed by atoms with van der Waals surface area (Å²) in [5.74, 6) is -0.444. The predicted octanol–water partition coefficient (Wildman–Crippen LogP) is 4.93. The van der Waals surface area contributed by atoms with Gasteiger partial charge in [0.15, 0.2) is 0 Å². The van der Waals surface area contributed by atoms with Gasteiger partial charge in [0.1, 0.15) is 24.2 Å². The van der Waals surface area contributed by atoms with Crippen LogP contribution in [0.3, 0.4) is 0 Å². The predicted molar refractivity (Wildman–Crippen MR) is 137 cm³/mol. The number of anilines is 1. The molecule has 0 bridgehead atoms. The molecule has 0 aliphatic carbocycles. The van der Waals surface area contributed by atoms with Crippen molar-refractivity contribution in [3.63, 3.8) is 0 Å². The van der Waals surface area contributed by atoms with Gasteiger partial charge in [0.25, 0.3) is 0 Å². The summed E-state index contributed by atoms with van der Waals surface area (Å²) in [5, 5.41) is 2.77. The summed E-state index contributed by atoms with van der Waals surface area (Å²) in [6.07, 6.45) is 0.130. The largest absolute Gasteiger partial charge is 0.489 e. The van der Waals surface area contributed by atoms with E-state index in [1.807, 2.05) is 60.7 Å². The van der Waals surface area contributed by atoms with Gasteiger partial charge in [0, 0.05) is 5.69 Å². The molecule has 1 unspecified atom stereocenters. The van der Waals surface area contributed by atoms with E-state index in [0.717, 1.165) is 35.4 Å². The van der Waals surface area contributed by atoms with E-state index in [4.69, 9.17) is 4.74 Å². The fourth-order valence-electron chi connectivity index (χ4n) is 3.51. The Morgan fingerprint density at radius 1 is 0.778 bits per heavy atom. The van der Waals surface area contributed by atoms with Gasteiger partial charge in [-0.2, -0.15) is 4.72 Å². The van der Waals surface area contributed by atoms with Crippen LogP contribution in [0, 0.1) is 5.82 Å². The molecule has 0 aliphatic heterocycles. The Bertz CT molecular complexity index is 1380. The number of carbonyl (C=O) groups is 1. The van der Waals surface area contributed by atoms with E-state index in [1.54, 1.807) is 24.3 Å². The molecule has 4 aromatic carbocycles. The molecule has 0 radical (unpaired) electrons. The quantitative estimate of drug-likeness (QED) is 0.321. The Hall–Kier alpha value is -4.01. The molecule has 1 amide bonds. The van der Waals surface area contributed by atoms with Gasteiger partial charge >= 0.3 is 0 Å². The molecule has 0 saturated carbocycles. The van der Waals surface area contributed by atoms with Gasteiger partial charge in [-0.1, -0.05) is 60.7 Å². The lowest BCUT2D eigenvalue weighted by molar-refractivity contribution is -0.117. The number of ether oxygens (including phenoxy) is 1. The summed E-state index contributed by atoms with van der Waals surface area (Å²) in [7, 11) is -4.07. The van der Waals surface area contributed by atoms with Crippen LogP contribution in [0.25, 0.3) is 0 Å². The lowest BCUT2D eigenvalue weighted by Gasteiger charge is -2.19. The Balaban J connectivity index is 1.46. The van der Waals surface area contributed by atoms with Crippen molar-refractivity contribution >= 4 is 21.6 Å². The fraction of sp³-hybridized carbons (Fsp3) is 0.107.